The Labute approximate surface area is 179 Å². The van der Waals surface area contributed by atoms with Gasteiger partial charge in [-0.2, -0.15) is 5.10 Å². The Balaban J connectivity index is 1.60. The molecule has 0 bridgehead atoms. The van der Waals surface area contributed by atoms with Crippen LogP contribution in [-0.2, 0) is 17.8 Å². The zero-order valence-corrected chi connectivity index (χ0v) is 17.0. The molecule has 0 saturated carbocycles. The minimum atomic E-state index is -0.864. The largest absolute Gasteiger partial charge is 0.491 e. The molecule has 3 aromatic rings. The number of carboxylic acid groups (broad SMARTS) is 1. The van der Waals surface area contributed by atoms with Crippen molar-refractivity contribution in [2.75, 3.05) is 13.2 Å². The van der Waals surface area contributed by atoms with Crippen LogP contribution in [0.4, 0.5) is 0 Å². The molecule has 156 valence electrons. The number of rotatable bonds is 10. The highest BCUT2D eigenvalue weighted by Gasteiger charge is 2.10. The van der Waals surface area contributed by atoms with Gasteiger partial charge in [0.25, 0.3) is 5.91 Å². The van der Waals surface area contributed by atoms with Gasteiger partial charge in [-0.05, 0) is 53.9 Å². The summed E-state index contributed by atoms with van der Waals surface area (Å²) in [5.41, 5.74) is 2.31. The number of nitrogens with one attached hydrogen (secondary N) is 1. The number of nitrogens with zero attached hydrogens (tertiary/aromatic N) is 2. The number of aromatic nitrogens is 2. The summed E-state index contributed by atoms with van der Waals surface area (Å²) in [4.78, 5) is 23.1. The molecule has 0 aliphatic carbocycles. The predicted octanol–water partition coefficient (Wildman–Crippen LogP) is 3.41. The summed E-state index contributed by atoms with van der Waals surface area (Å²) >= 11 is 5.83. The van der Waals surface area contributed by atoms with Crippen LogP contribution in [0.5, 0.6) is 5.75 Å². The number of carboxylic acids is 1. The van der Waals surface area contributed by atoms with Crippen LogP contribution in [-0.4, -0.2) is 39.9 Å². The van der Waals surface area contributed by atoms with Gasteiger partial charge >= 0.3 is 5.97 Å². The first-order chi connectivity index (χ1) is 14.5. The van der Waals surface area contributed by atoms with Gasteiger partial charge in [-0.15, -0.1) is 0 Å². The molecule has 0 spiro atoms. The van der Waals surface area contributed by atoms with E-state index in [0.29, 0.717) is 35.8 Å². The van der Waals surface area contributed by atoms with Crippen LogP contribution < -0.4 is 10.1 Å². The standard InChI is InChI=1S/C22H22ClN3O4/c23-19-7-4-18(5-8-19)22(29)24-11-13-30-20-14-16(15-26-12-1-10-25-26)2-3-17(20)6-9-21(27)28/h1-5,7-8,10,12,14H,6,9,11,13,15H2,(H,24,29)(H,27,28). The number of hydrogen-bond donors (Lipinski definition) is 2. The molecule has 2 aromatic carbocycles. The molecule has 0 aliphatic heterocycles. The van der Waals surface area contributed by atoms with Crippen LogP contribution in [0.3, 0.4) is 0 Å². The highest BCUT2D eigenvalue weighted by atomic mass is 35.5. The molecule has 0 unspecified atom stereocenters. The number of aryl methyl sites for hydroxylation is 1. The van der Waals surface area contributed by atoms with E-state index >= 15 is 0 Å². The Kier molecular flexibility index (Phi) is 7.45. The maximum absolute atomic E-state index is 12.2. The molecular weight excluding hydrogens is 406 g/mol. The van der Waals surface area contributed by atoms with E-state index in [2.05, 4.69) is 10.4 Å². The lowest BCUT2D eigenvalue weighted by molar-refractivity contribution is -0.136. The molecule has 0 atom stereocenters. The minimum absolute atomic E-state index is 0.0160. The third-order valence-electron chi connectivity index (χ3n) is 4.40. The van der Waals surface area contributed by atoms with Crippen molar-refractivity contribution < 1.29 is 19.4 Å². The molecular formula is C22H22ClN3O4. The fraction of sp³-hybridized carbons (Fsp3) is 0.227. The van der Waals surface area contributed by atoms with Crippen LogP contribution in [0.2, 0.25) is 5.02 Å². The average Bonchev–Trinajstić information content (AvgIpc) is 3.24. The molecule has 1 heterocycles. The maximum atomic E-state index is 12.2. The van der Waals surface area contributed by atoms with Crippen LogP contribution in [0, 0.1) is 0 Å². The quantitative estimate of drug-likeness (QED) is 0.483. The lowest BCUT2D eigenvalue weighted by Crippen LogP contribution is -2.28. The normalized spacial score (nSPS) is 10.6. The van der Waals surface area contributed by atoms with Crippen LogP contribution in [0.15, 0.2) is 60.9 Å². The minimum Gasteiger partial charge on any atom is -0.491 e. The molecule has 0 radical (unpaired) electrons. The van der Waals surface area contributed by atoms with Crippen molar-refractivity contribution in [3.63, 3.8) is 0 Å². The summed E-state index contributed by atoms with van der Waals surface area (Å²) < 4.78 is 7.67. The van der Waals surface area contributed by atoms with Gasteiger partial charge in [-0.1, -0.05) is 23.7 Å². The van der Waals surface area contributed by atoms with Crippen LogP contribution in [0.1, 0.15) is 27.9 Å². The summed E-state index contributed by atoms with van der Waals surface area (Å²) in [7, 11) is 0. The molecule has 0 aliphatic rings. The Morgan fingerprint density at radius 3 is 2.67 bits per heavy atom. The number of benzene rings is 2. The van der Waals surface area contributed by atoms with E-state index < -0.39 is 5.97 Å². The van der Waals surface area contributed by atoms with Crippen LogP contribution in [0.25, 0.3) is 0 Å². The number of halogens is 1. The molecule has 0 saturated heterocycles. The zero-order chi connectivity index (χ0) is 21.3. The first kappa shape index (κ1) is 21.4. The lowest BCUT2D eigenvalue weighted by Gasteiger charge is -2.14. The number of amides is 1. The van der Waals surface area contributed by atoms with Crippen molar-refractivity contribution in [1.29, 1.82) is 0 Å². The van der Waals surface area contributed by atoms with E-state index in [4.69, 9.17) is 21.4 Å². The third-order valence-corrected chi connectivity index (χ3v) is 4.65. The molecule has 2 N–H and O–H groups in total. The van der Waals surface area contributed by atoms with E-state index in [1.165, 1.54) is 0 Å². The topological polar surface area (TPSA) is 93.4 Å². The molecule has 0 fully saturated rings. The number of carbonyl (C=O) groups is 2. The second-order valence-electron chi connectivity index (χ2n) is 6.65. The monoisotopic (exact) mass is 427 g/mol. The lowest BCUT2D eigenvalue weighted by atomic mass is 10.1. The zero-order valence-electron chi connectivity index (χ0n) is 16.3. The highest BCUT2D eigenvalue weighted by molar-refractivity contribution is 6.30. The molecule has 7 nitrogen and oxygen atoms in total. The number of ether oxygens (including phenoxy) is 1. The van der Waals surface area contributed by atoms with E-state index in [1.54, 1.807) is 35.1 Å². The highest BCUT2D eigenvalue weighted by Crippen LogP contribution is 2.23. The Hall–Kier alpha value is -3.32. The van der Waals surface area contributed by atoms with Crippen molar-refractivity contribution >= 4 is 23.5 Å². The molecule has 1 aromatic heterocycles. The molecule has 30 heavy (non-hydrogen) atoms. The van der Waals surface area contributed by atoms with Gasteiger partial charge in [0.2, 0.25) is 0 Å². The fourth-order valence-corrected chi connectivity index (χ4v) is 3.02. The van der Waals surface area contributed by atoms with E-state index in [0.717, 1.165) is 11.1 Å². The summed E-state index contributed by atoms with van der Waals surface area (Å²) in [5.74, 6) is -0.466. The average molecular weight is 428 g/mol. The van der Waals surface area contributed by atoms with E-state index in [9.17, 15) is 9.59 Å². The van der Waals surface area contributed by atoms with Crippen molar-refractivity contribution in [1.82, 2.24) is 15.1 Å². The predicted molar refractivity (Wildman–Crippen MR) is 113 cm³/mol. The number of aliphatic carboxylic acids is 1. The molecule has 1 amide bonds. The Morgan fingerprint density at radius 2 is 1.97 bits per heavy atom. The summed E-state index contributed by atoms with van der Waals surface area (Å²) in [5, 5.41) is 16.5. The Bertz CT molecular complexity index is 988. The van der Waals surface area contributed by atoms with Crippen molar-refractivity contribution in [2.45, 2.75) is 19.4 Å². The smallest absolute Gasteiger partial charge is 0.303 e. The van der Waals surface area contributed by atoms with Gasteiger partial charge in [-0.3, -0.25) is 14.3 Å². The van der Waals surface area contributed by atoms with Gasteiger partial charge < -0.3 is 15.2 Å². The summed E-state index contributed by atoms with van der Waals surface area (Å²) in [6.45, 7) is 1.14. The first-order valence-electron chi connectivity index (χ1n) is 9.49. The SMILES string of the molecule is O=C(O)CCc1ccc(Cn2cccn2)cc1OCCNC(=O)c1ccc(Cl)cc1. The van der Waals surface area contributed by atoms with E-state index in [-0.39, 0.29) is 18.9 Å². The van der Waals surface area contributed by atoms with Gasteiger partial charge in [0, 0.05) is 29.4 Å². The van der Waals surface area contributed by atoms with Crippen molar-refractivity contribution in [2.24, 2.45) is 0 Å². The summed E-state index contributed by atoms with van der Waals surface area (Å²) in [6.07, 6.45) is 3.96. The van der Waals surface area contributed by atoms with Gasteiger partial charge in [0.15, 0.2) is 0 Å². The van der Waals surface area contributed by atoms with Gasteiger partial charge in [0.05, 0.1) is 13.1 Å². The molecule has 3 rings (SSSR count). The third kappa shape index (κ3) is 6.35. The van der Waals surface area contributed by atoms with Crippen molar-refractivity contribution in [3.05, 3.63) is 82.6 Å². The summed E-state index contributed by atoms with van der Waals surface area (Å²) in [6, 6.07) is 14.2. The Morgan fingerprint density at radius 1 is 1.17 bits per heavy atom. The van der Waals surface area contributed by atoms with Gasteiger partial charge in [0.1, 0.15) is 12.4 Å². The van der Waals surface area contributed by atoms with Crippen molar-refractivity contribution in [3.8, 4) is 5.75 Å². The second kappa shape index (κ2) is 10.5. The number of hydrogen-bond acceptors (Lipinski definition) is 4. The second-order valence-corrected chi connectivity index (χ2v) is 7.09. The number of carbonyl (C=O) groups excluding carboxylic acids is 1. The maximum Gasteiger partial charge on any atom is 0.303 e. The van der Waals surface area contributed by atoms with Gasteiger partial charge in [-0.25, -0.2) is 0 Å². The van der Waals surface area contributed by atoms with Crippen LogP contribution >= 0.6 is 11.6 Å². The van der Waals surface area contributed by atoms with E-state index in [1.807, 2.05) is 30.5 Å². The molecule has 8 heteroatoms. The first-order valence-corrected chi connectivity index (χ1v) is 9.86. The fourth-order valence-electron chi connectivity index (χ4n) is 2.89.